The first-order valence-corrected chi connectivity index (χ1v) is 8.98. The SMILES string of the molecule is Cc1ccc(NC(=O)CCSc2nc3ccccc3c(=O)n2C)cc1. The van der Waals surface area contributed by atoms with Crippen LogP contribution in [0.2, 0.25) is 0 Å². The number of rotatable bonds is 5. The van der Waals surface area contributed by atoms with Gasteiger partial charge in [0.05, 0.1) is 10.9 Å². The lowest BCUT2D eigenvalue weighted by Crippen LogP contribution is -2.20. The van der Waals surface area contributed by atoms with Crippen molar-refractivity contribution in [3.05, 3.63) is 64.4 Å². The van der Waals surface area contributed by atoms with Gasteiger partial charge < -0.3 is 5.32 Å². The van der Waals surface area contributed by atoms with Gasteiger partial charge in [-0.05, 0) is 31.2 Å². The number of amides is 1. The van der Waals surface area contributed by atoms with Gasteiger partial charge in [-0.1, -0.05) is 41.6 Å². The maximum Gasteiger partial charge on any atom is 0.261 e. The van der Waals surface area contributed by atoms with E-state index in [0.29, 0.717) is 28.2 Å². The molecule has 0 radical (unpaired) electrons. The molecule has 0 bridgehead atoms. The molecule has 0 saturated heterocycles. The predicted molar refractivity (Wildman–Crippen MR) is 102 cm³/mol. The zero-order valence-electron chi connectivity index (χ0n) is 14.2. The third kappa shape index (κ3) is 4.09. The number of benzene rings is 2. The Balaban J connectivity index is 1.63. The second kappa shape index (κ2) is 7.53. The average Bonchev–Trinajstić information content (AvgIpc) is 2.61. The van der Waals surface area contributed by atoms with Gasteiger partial charge in [0.1, 0.15) is 0 Å². The van der Waals surface area contributed by atoms with E-state index in [1.807, 2.05) is 49.4 Å². The number of carbonyl (C=O) groups is 1. The van der Waals surface area contributed by atoms with E-state index in [4.69, 9.17) is 0 Å². The van der Waals surface area contributed by atoms with Crippen molar-refractivity contribution in [1.82, 2.24) is 9.55 Å². The van der Waals surface area contributed by atoms with Crippen LogP contribution in [0.1, 0.15) is 12.0 Å². The zero-order chi connectivity index (χ0) is 17.8. The Morgan fingerprint density at radius 2 is 1.88 bits per heavy atom. The summed E-state index contributed by atoms with van der Waals surface area (Å²) < 4.78 is 1.53. The van der Waals surface area contributed by atoms with Crippen molar-refractivity contribution in [2.45, 2.75) is 18.5 Å². The molecule has 0 aliphatic carbocycles. The molecule has 25 heavy (non-hydrogen) atoms. The minimum Gasteiger partial charge on any atom is -0.326 e. The largest absolute Gasteiger partial charge is 0.326 e. The lowest BCUT2D eigenvalue weighted by atomic mass is 10.2. The molecule has 0 saturated carbocycles. The number of nitrogens with zero attached hydrogens (tertiary/aromatic N) is 2. The summed E-state index contributed by atoms with van der Waals surface area (Å²) in [4.78, 5) is 28.9. The van der Waals surface area contributed by atoms with E-state index < -0.39 is 0 Å². The maximum absolute atomic E-state index is 12.3. The number of carbonyl (C=O) groups excluding carboxylic acids is 1. The molecule has 3 rings (SSSR count). The van der Waals surface area contributed by atoms with Gasteiger partial charge in [-0.2, -0.15) is 0 Å². The molecule has 0 aliphatic heterocycles. The number of nitrogens with one attached hydrogen (secondary N) is 1. The molecular weight excluding hydrogens is 334 g/mol. The van der Waals surface area contributed by atoms with Gasteiger partial charge in [0.15, 0.2) is 5.16 Å². The fraction of sp³-hybridized carbons (Fsp3) is 0.211. The highest BCUT2D eigenvalue weighted by Gasteiger charge is 2.09. The first-order chi connectivity index (χ1) is 12.0. The van der Waals surface area contributed by atoms with Gasteiger partial charge in [-0.15, -0.1) is 0 Å². The fourth-order valence-electron chi connectivity index (χ4n) is 2.42. The van der Waals surface area contributed by atoms with Crippen LogP contribution in [0, 0.1) is 6.92 Å². The number of hydrogen-bond acceptors (Lipinski definition) is 4. The summed E-state index contributed by atoms with van der Waals surface area (Å²) >= 11 is 1.41. The Morgan fingerprint density at radius 3 is 2.64 bits per heavy atom. The summed E-state index contributed by atoms with van der Waals surface area (Å²) in [6.45, 7) is 2.00. The van der Waals surface area contributed by atoms with Crippen LogP contribution in [-0.2, 0) is 11.8 Å². The van der Waals surface area contributed by atoms with Crippen molar-refractivity contribution >= 4 is 34.3 Å². The van der Waals surface area contributed by atoms with Crippen LogP contribution in [0.15, 0.2) is 58.5 Å². The number of para-hydroxylation sites is 1. The molecule has 1 N–H and O–H groups in total. The first kappa shape index (κ1) is 17.2. The molecule has 0 fully saturated rings. The van der Waals surface area contributed by atoms with Gasteiger partial charge in [-0.3, -0.25) is 14.2 Å². The molecule has 6 heteroatoms. The molecule has 1 aromatic heterocycles. The average molecular weight is 353 g/mol. The molecule has 5 nitrogen and oxygen atoms in total. The Kier molecular flexibility index (Phi) is 5.19. The summed E-state index contributed by atoms with van der Waals surface area (Å²) in [5, 5.41) is 4.09. The standard InChI is InChI=1S/C19H19N3O2S/c1-13-7-9-14(10-8-13)20-17(23)11-12-25-19-21-16-6-4-3-5-15(16)18(24)22(19)2/h3-10H,11-12H2,1-2H3,(H,20,23). The summed E-state index contributed by atoms with van der Waals surface area (Å²) in [5.74, 6) is 0.498. The number of hydrogen-bond donors (Lipinski definition) is 1. The van der Waals surface area contributed by atoms with Gasteiger partial charge in [0, 0.05) is 24.9 Å². The van der Waals surface area contributed by atoms with Crippen LogP contribution in [0.5, 0.6) is 0 Å². The number of aromatic nitrogens is 2. The minimum atomic E-state index is -0.0720. The van der Waals surface area contributed by atoms with E-state index in [1.165, 1.54) is 16.3 Å². The Hall–Kier alpha value is -2.60. The van der Waals surface area contributed by atoms with Crippen LogP contribution < -0.4 is 10.9 Å². The van der Waals surface area contributed by atoms with Crippen LogP contribution >= 0.6 is 11.8 Å². The fourth-order valence-corrected chi connectivity index (χ4v) is 3.33. The summed E-state index contributed by atoms with van der Waals surface area (Å²) in [6, 6.07) is 15.0. The zero-order valence-corrected chi connectivity index (χ0v) is 15.0. The van der Waals surface area contributed by atoms with E-state index >= 15 is 0 Å². The number of fused-ring (bicyclic) bond motifs is 1. The van der Waals surface area contributed by atoms with Crippen molar-refractivity contribution < 1.29 is 4.79 Å². The predicted octanol–water partition coefficient (Wildman–Crippen LogP) is 3.36. The maximum atomic E-state index is 12.3. The van der Waals surface area contributed by atoms with E-state index in [2.05, 4.69) is 10.3 Å². The Labute approximate surface area is 150 Å². The van der Waals surface area contributed by atoms with Crippen molar-refractivity contribution in [2.75, 3.05) is 11.1 Å². The second-order valence-corrected chi connectivity index (χ2v) is 6.85. The molecule has 2 aromatic carbocycles. The summed E-state index contributed by atoms with van der Waals surface area (Å²) in [7, 11) is 1.70. The summed E-state index contributed by atoms with van der Waals surface area (Å²) in [5.41, 5.74) is 2.54. The Bertz CT molecular complexity index is 965. The van der Waals surface area contributed by atoms with Crippen molar-refractivity contribution in [1.29, 1.82) is 0 Å². The third-order valence-electron chi connectivity index (χ3n) is 3.84. The molecule has 0 atom stereocenters. The van der Waals surface area contributed by atoms with Crippen LogP contribution in [0.25, 0.3) is 10.9 Å². The minimum absolute atomic E-state index is 0.0536. The van der Waals surface area contributed by atoms with Crippen LogP contribution in [0.4, 0.5) is 5.69 Å². The molecule has 0 aliphatic rings. The quantitative estimate of drug-likeness (QED) is 0.564. The molecule has 1 amide bonds. The van der Waals surface area contributed by atoms with Gasteiger partial charge >= 0.3 is 0 Å². The summed E-state index contributed by atoms with van der Waals surface area (Å²) in [6.07, 6.45) is 0.348. The smallest absolute Gasteiger partial charge is 0.261 e. The molecule has 3 aromatic rings. The second-order valence-electron chi connectivity index (χ2n) is 5.79. The lowest BCUT2D eigenvalue weighted by Gasteiger charge is -2.09. The molecule has 0 spiro atoms. The number of anilines is 1. The normalized spacial score (nSPS) is 10.8. The molecule has 1 heterocycles. The highest BCUT2D eigenvalue weighted by Crippen LogP contribution is 2.18. The van der Waals surface area contributed by atoms with Crippen LogP contribution in [-0.4, -0.2) is 21.2 Å². The molecule has 128 valence electrons. The van der Waals surface area contributed by atoms with Gasteiger partial charge in [0.25, 0.3) is 5.56 Å². The van der Waals surface area contributed by atoms with Crippen molar-refractivity contribution in [3.63, 3.8) is 0 Å². The van der Waals surface area contributed by atoms with Gasteiger partial charge in [-0.25, -0.2) is 4.98 Å². The molecule has 0 unspecified atom stereocenters. The monoisotopic (exact) mass is 353 g/mol. The highest BCUT2D eigenvalue weighted by molar-refractivity contribution is 7.99. The van der Waals surface area contributed by atoms with E-state index in [0.717, 1.165) is 11.3 Å². The topological polar surface area (TPSA) is 64.0 Å². The molecular formula is C19H19N3O2S. The van der Waals surface area contributed by atoms with E-state index in [1.54, 1.807) is 13.1 Å². The van der Waals surface area contributed by atoms with Crippen molar-refractivity contribution in [3.8, 4) is 0 Å². The first-order valence-electron chi connectivity index (χ1n) is 7.99. The van der Waals surface area contributed by atoms with Gasteiger partial charge in [0.2, 0.25) is 5.91 Å². The highest BCUT2D eigenvalue weighted by atomic mass is 32.2. The lowest BCUT2D eigenvalue weighted by molar-refractivity contribution is -0.115. The third-order valence-corrected chi connectivity index (χ3v) is 4.87. The Morgan fingerprint density at radius 1 is 1.16 bits per heavy atom. The number of thioether (sulfide) groups is 1. The van der Waals surface area contributed by atoms with E-state index in [9.17, 15) is 9.59 Å². The number of aryl methyl sites for hydroxylation is 1. The van der Waals surface area contributed by atoms with E-state index in [-0.39, 0.29) is 11.5 Å². The van der Waals surface area contributed by atoms with Crippen LogP contribution in [0.3, 0.4) is 0 Å². The van der Waals surface area contributed by atoms with Crippen molar-refractivity contribution in [2.24, 2.45) is 7.05 Å².